The summed E-state index contributed by atoms with van der Waals surface area (Å²) in [5, 5.41) is 0. The highest BCUT2D eigenvalue weighted by Crippen LogP contribution is 2.37. The van der Waals surface area contributed by atoms with Crippen molar-refractivity contribution in [3.05, 3.63) is 71.0 Å². The molecule has 2 bridgehead atoms. The van der Waals surface area contributed by atoms with E-state index in [-0.39, 0.29) is 23.9 Å². The molecule has 29 heavy (non-hydrogen) atoms. The van der Waals surface area contributed by atoms with Gasteiger partial charge < -0.3 is 14.7 Å². The first-order chi connectivity index (χ1) is 14.1. The van der Waals surface area contributed by atoms with Crippen LogP contribution in [0.25, 0.3) is 0 Å². The lowest BCUT2D eigenvalue weighted by atomic mass is 9.83. The Bertz CT molecular complexity index is 891. The fourth-order valence-electron chi connectivity index (χ4n) is 5.49. The maximum absolute atomic E-state index is 13.7. The molecule has 3 saturated heterocycles. The predicted octanol–water partition coefficient (Wildman–Crippen LogP) is 3.92. The molecule has 4 heterocycles. The van der Waals surface area contributed by atoms with Gasteiger partial charge in [0.05, 0.1) is 6.04 Å². The summed E-state index contributed by atoms with van der Waals surface area (Å²) in [6.45, 7) is 4.00. The quantitative estimate of drug-likeness (QED) is 0.773. The molecule has 6 rings (SSSR count). The van der Waals surface area contributed by atoms with Gasteiger partial charge in [0.15, 0.2) is 0 Å². The standard InChI is InChI=1S/C24H28FN3O/c1-26(22-16-27-13-10-18(22)11-14-27)24(29)28-15-12-17-4-2-3-5-21(17)23(28)19-6-8-20(25)9-7-19/h2-9,18,22-23H,10-16H2,1H3/t22-,23+/m1/s1. The Morgan fingerprint density at radius 2 is 1.76 bits per heavy atom. The SMILES string of the molecule is CN(C(=O)N1CCc2ccccc2[C@@H]1c1ccc(F)cc1)[C@@H]1CN2CCC1CC2. The smallest absolute Gasteiger partial charge is 0.320 e. The fraction of sp³-hybridized carbons (Fsp3) is 0.458. The first-order valence-corrected chi connectivity index (χ1v) is 10.7. The van der Waals surface area contributed by atoms with Gasteiger partial charge in [-0.2, -0.15) is 0 Å². The molecule has 3 fully saturated rings. The highest BCUT2D eigenvalue weighted by molar-refractivity contribution is 5.76. The van der Waals surface area contributed by atoms with Gasteiger partial charge in [-0.05, 0) is 67.1 Å². The van der Waals surface area contributed by atoms with E-state index < -0.39 is 0 Å². The minimum Gasteiger partial charge on any atom is -0.323 e. The summed E-state index contributed by atoms with van der Waals surface area (Å²) >= 11 is 0. The van der Waals surface area contributed by atoms with Crippen molar-refractivity contribution >= 4 is 6.03 Å². The molecule has 4 aliphatic heterocycles. The van der Waals surface area contributed by atoms with Gasteiger partial charge in [0.1, 0.15) is 5.82 Å². The van der Waals surface area contributed by atoms with Crippen molar-refractivity contribution in [1.82, 2.24) is 14.7 Å². The molecular formula is C24H28FN3O. The average Bonchev–Trinajstić information content (AvgIpc) is 2.78. The van der Waals surface area contributed by atoms with Crippen LogP contribution in [0, 0.1) is 11.7 Å². The van der Waals surface area contributed by atoms with Gasteiger partial charge in [0, 0.05) is 26.2 Å². The number of amides is 2. The van der Waals surface area contributed by atoms with Gasteiger partial charge in [-0.3, -0.25) is 0 Å². The Balaban J connectivity index is 1.47. The molecule has 0 unspecified atom stereocenters. The molecule has 2 aromatic carbocycles. The van der Waals surface area contributed by atoms with Crippen LogP contribution in [-0.4, -0.2) is 60.0 Å². The third-order valence-corrected chi connectivity index (χ3v) is 7.14. The Kier molecular flexibility index (Phi) is 4.78. The van der Waals surface area contributed by atoms with Crippen LogP contribution in [0.4, 0.5) is 9.18 Å². The maximum Gasteiger partial charge on any atom is 0.320 e. The summed E-state index contributed by atoms with van der Waals surface area (Å²) < 4.78 is 13.6. The van der Waals surface area contributed by atoms with Crippen molar-refractivity contribution in [2.45, 2.75) is 31.3 Å². The number of hydrogen-bond donors (Lipinski definition) is 0. The third-order valence-electron chi connectivity index (χ3n) is 7.14. The molecule has 152 valence electrons. The predicted molar refractivity (Wildman–Crippen MR) is 111 cm³/mol. The molecular weight excluding hydrogens is 365 g/mol. The molecule has 0 N–H and O–H groups in total. The first kappa shape index (κ1) is 18.6. The Hall–Kier alpha value is -2.40. The summed E-state index contributed by atoms with van der Waals surface area (Å²) in [5.41, 5.74) is 3.40. The van der Waals surface area contributed by atoms with Crippen LogP contribution in [0.1, 0.15) is 35.6 Å². The third kappa shape index (κ3) is 3.31. The Morgan fingerprint density at radius 3 is 2.45 bits per heavy atom. The molecule has 0 radical (unpaired) electrons. The van der Waals surface area contributed by atoms with Crippen LogP contribution < -0.4 is 0 Å². The second-order valence-electron chi connectivity index (χ2n) is 8.70. The van der Waals surface area contributed by atoms with Gasteiger partial charge in [-0.1, -0.05) is 36.4 Å². The summed E-state index contributed by atoms with van der Waals surface area (Å²) in [7, 11) is 1.97. The van der Waals surface area contributed by atoms with E-state index in [4.69, 9.17) is 0 Å². The fourth-order valence-corrected chi connectivity index (χ4v) is 5.49. The van der Waals surface area contributed by atoms with Crippen molar-refractivity contribution in [3.63, 3.8) is 0 Å². The summed E-state index contributed by atoms with van der Waals surface area (Å²) in [5.74, 6) is 0.357. The van der Waals surface area contributed by atoms with Crippen LogP contribution in [0.2, 0.25) is 0 Å². The van der Waals surface area contributed by atoms with Crippen LogP contribution >= 0.6 is 0 Å². The van der Waals surface area contributed by atoms with Crippen LogP contribution in [-0.2, 0) is 6.42 Å². The molecule has 0 saturated carbocycles. The number of urea groups is 1. The van der Waals surface area contributed by atoms with Crippen molar-refractivity contribution in [3.8, 4) is 0 Å². The van der Waals surface area contributed by atoms with Gasteiger partial charge in [-0.25, -0.2) is 9.18 Å². The molecule has 4 aliphatic rings. The van der Waals surface area contributed by atoms with Gasteiger partial charge in [0.25, 0.3) is 0 Å². The normalized spacial score (nSPS) is 28.1. The number of fused-ring (bicyclic) bond motifs is 4. The lowest BCUT2D eigenvalue weighted by Gasteiger charge is -2.49. The lowest BCUT2D eigenvalue weighted by molar-refractivity contribution is 0.0214. The van der Waals surface area contributed by atoms with Crippen molar-refractivity contribution in [1.29, 1.82) is 0 Å². The number of rotatable bonds is 2. The van der Waals surface area contributed by atoms with Crippen LogP contribution in [0.15, 0.2) is 48.5 Å². The number of carbonyl (C=O) groups is 1. The summed E-state index contributed by atoms with van der Waals surface area (Å²) in [6.07, 6.45) is 3.23. The topological polar surface area (TPSA) is 26.8 Å². The molecule has 0 aromatic heterocycles. The zero-order chi connectivity index (χ0) is 20.0. The van der Waals surface area contributed by atoms with Crippen molar-refractivity contribution < 1.29 is 9.18 Å². The Morgan fingerprint density at radius 1 is 1.03 bits per heavy atom. The monoisotopic (exact) mass is 393 g/mol. The van der Waals surface area contributed by atoms with E-state index in [0.717, 1.165) is 24.1 Å². The van der Waals surface area contributed by atoms with Crippen molar-refractivity contribution in [2.75, 3.05) is 33.2 Å². The summed E-state index contributed by atoms with van der Waals surface area (Å²) in [4.78, 5) is 20.2. The molecule has 2 aromatic rings. The average molecular weight is 394 g/mol. The number of piperidine rings is 3. The molecule has 5 heteroatoms. The van der Waals surface area contributed by atoms with Gasteiger partial charge >= 0.3 is 6.03 Å². The second kappa shape index (κ2) is 7.45. The number of likely N-dealkylation sites (N-methyl/N-ethyl adjacent to an activating group) is 1. The van der Waals surface area contributed by atoms with E-state index in [1.54, 1.807) is 0 Å². The highest BCUT2D eigenvalue weighted by atomic mass is 19.1. The number of hydrogen-bond acceptors (Lipinski definition) is 2. The zero-order valence-corrected chi connectivity index (χ0v) is 16.9. The largest absolute Gasteiger partial charge is 0.323 e. The van der Waals surface area contributed by atoms with E-state index in [1.165, 1.54) is 43.6 Å². The molecule has 0 aliphatic carbocycles. The second-order valence-corrected chi connectivity index (χ2v) is 8.70. The number of benzene rings is 2. The minimum absolute atomic E-state index is 0.0904. The van der Waals surface area contributed by atoms with E-state index in [1.807, 2.05) is 35.0 Å². The number of halogens is 1. The molecule has 0 spiro atoms. The van der Waals surface area contributed by atoms with Crippen LogP contribution in [0.5, 0.6) is 0 Å². The molecule has 2 amide bonds. The molecule has 2 atom stereocenters. The summed E-state index contributed by atoms with van der Waals surface area (Å²) in [6, 6.07) is 15.2. The van der Waals surface area contributed by atoms with E-state index in [9.17, 15) is 9.18 Å². The van der Waals surface area contributed by atoms with E-state index >= 15 is 0 Å². The minimum atomic E-state index is -0.250. The van der Waals surface area contributed by atoms with Gasteiger partial charge in [-0.15, -0.1) is 0 Å². The van der Waals surface area contributed by atoms with Crippen molar-refractivity contribution in [2.24, 2.45) is 5.92 Å². The highest BCUT2D eigenvalue weighted by Gasteiger charge is 2.41. The zero-order valence-electron chi connectivity index (χ0n) is 16.9. The van der Waals surface area contributed by atoms with E-state index in [0.29, 0.717) is 12.5 Å². The lowest BCUT2D eigenvalue weighted by Crippen LogP contribution is -2.60. The van der Waals surface area contributed by atoms with Crippen LogP contribution in [0.3, 0.4) is 0 Å². The Labute approximate surface area is 171 Å². The van der Waals surface area contributed by atoms with E-state index in [2.05, 4.69) is 23.1 Å². The number of carbonyl (C=O) groups excluding carboxylic acids is 1. The van der Waals surface area contributed by atoms with Gasteiger partial charge in [0.2, 0.25) is 0 Å². The molecule has 4 nitrogen and oxygen atoms in total. The first-order valence-electron chi connectivity index (χ1n) is 10.7. The maximum atomic E-state index is 13.7. The number of nitrogens with zero attached hydrogens (tertiary/aromatic N) is 3.